The number of aromatic nitrogens is 5. The molecule has 10 N–H and O–H groups in total. The summed E-state index contributed by atoms with van der Waals surface area (Å²) in [5.41, 5.74) is 9.75. The summed E-state index contributed by atoms with van der Waals surface area (Å²) in [5.74, 6) is -3.75. The van der Waals surface area contributed by atoms with Crippen molar-refractivity contribution in [3.05, 3.63) is 125 Å². The fraction of sp³-hybridized carbons (Fsp3) is 0.493. The predicted octanol–water partition coefficient (Wildman–Crippen LogP) is 8.61. The van der Waals surface area contributed by atoms with E-state index >= 15 is 0 Å². The van der Waals surface area contributed by atoms with Gasteiger partial charge in [0.2, 0.25) is 17.7 Å². The lowest BCUT2D eigenvalue weighted by Crippen LogP contribution is -2.64. The van der Waals surface area contributed by atoms with Crippen LogP contribution in [0.1, 0.15) is 154 Å². The van der Waals surface area contributed by atoms with Crippen molar-refractivity contribution in [3.8, 4) is 11.1 Å². The Morgan fingerprint density at radius 3 is 2.27 bits per heavy atom. The van der Waals surface area contributed by atoms with Gasteiger partial charge in [-0.05, 0) is 165 Å². The summed E-state index contributed by atoms with van der Waals surface area (Å²) in [7, 11) is -4.42. The molecule has 4 atom stereocenters. The average molecular weight is 1470 g/mol. The van der Waals surface area contributed by atoms with E-state index < -0.39 is 67.3 Å². The molecule has 12 rings (SSSR count). The molecule has 6 heterocycles. The number of nitrogens with one attached hydrogen (secondary N) is 5. The number of hydrogen-bond acceptors (Lipinski definition) is 18. The number of benzene rings is 2. The van der Waals surface area contributed by atoms with E-state index in [4.69, 9.17) is 25.3 Å². The Bertz CT molecular complexity index is 4280. The zero-order chi connectivity index (χ0) is 74.3. The van der Waals surface area contributed by atoms with Crippen molar-refractivity contribution in [1.82, 2.24) is 50.5 Å². The molecule has 2 aromatic carbocycles. The standard InChI is InChI=1S/C73H91N14O15PS/c1-45(2)60(81-57(88)17-7-6-8-30-86-58(89)24-25-59(86)90)65(93)79-54(15-10-28-76-67(74)96)64(92)78-49-20-18-47(19-21-49)37-101-69(97)84(29-12-34-103(98,99)100)32-33-102-73-41-70(4)38-71(5,42-73)40-72(39-70,43-73)44-87-46(3)52(35-77-87)50-22-23-56(80-61(50)66(94)95)85-31-26-48-13-9-14-51(53(48)36-85)63(91)83-68-82-62-55(104-68)16-11-27-75-62/h9,11,13-14,16,18-25,27,35,45,54,60H,6-8,10,12,15,17,26,28-34,36-44H2,1-5H3,(H,78,92)(H,79,93)(H,81,88)(H,94,95)(H3,74,76,96)(H2,98,99,100)(H,75,82,83,91)/t54-,60-,70?,71?,72?,73?/m0/s1. The Labute approximate surface area is 606 Å². The summed E-state index contributed by atoms with van der Waals surface area (Å²) in [6.45, 7) is 11.8. The number of ether oxygens (including phenoxy) is 2. The molecule has 2 unspecified atom stereocenters. The van der Waals surface area contributed by atoms with E-state index in [0.717, 1.165) is 58.5 Å². The number of rotatable bonds is 33. The Morgan fingerprint density at radius 2 is 1.57 bits per heavy atom. The van der Waals surface area contributed by atoms with Gasteiger partial charge in [-0.15, -0.1) is 0 Å². The number of carbonyl (C=O) groups excluding carboxylic acids is 8. The smallest absolute Gasteiger partial charge is 0.410 e. The number of carboxylic acids is 1. The van der Waals surface area contributed by atoms with Gasteiger partial charge in [0.25, 0.3) is 17.7 Å². The van der Waals surface area contributed by atoms with Gasteiger partial charge in [-0.2, -0.15) is 10.1 Å². The molecule has 4 fully saturated rings. The van der Waals surface area contributed by atoms with Crippen molar-refractivity contribution in [2.45, 2.75) is 162 Å². The molecule has 0 saturated heterocycles. The first-order valence-corrected chi connectivity index (χ1v) is 37.9. The quantitative estimate of drug-likeness (QED) is 0.0106. The van der Waals surface area contributed by atoms with Crippen LogP contribution < -0.4 is 37.2 Å². The lowest BCUT2D eigenvalue weighted by molar-refractivity contribution is -0.248. The van der Waals surface area contributed by atoms with Crippen LogP contribution in [0.2, 0.25) is 0 Å². The number of nitrogens with zero attached hydrogens (tertiary/aromatic N) is 8. The maximum absolute atomic E-state index is 14.0. The van der Waals surface area contributed by atoms with E-state index in [1.54, 1.807) is 62.6 Å². The summed E-state index contributed by atoms with van der Waals surface area (Å²) in [6.07, 6.45) is 12.3. The first-order valence-electron chi connectivity index (χ1n) is 35.3. The number of aromatic carboxylic acids is 1. The van der Waals surface area contributed by atoms with Crippen LogP contribution in [0.15, 0.2) is 91.3 Å². The zero-order valence-corrected chi connectivity index (χ0v) is 60.8. The van der Waals surface area contributed by atoms with Crippen LogP contribution in [-0.4, -0.2) is 166 Å². The van der Waals surface area contributed by atoms with Crippen molar-refractivity contribution >= 4 is 99.5 Å². The van der Waals surface area contributed by atoms with Crippen LogP contribution >= 0.6 is 18.9 Å². The van der Waals surface area contributed by atoms with Gasteiger partial charge in [0.15, 0.2) is 16.5 Å². The third-order valence-corrected chi connectivity index (χ3v) is 22.2. The van der Waals surface area contributed by atoms with E-state index in [9.17, 15) is 62.6 Å². The highest BCUT2D eigenvalue weighted by atomic mass is 32.1. The number of imide groups is 1. The van der Waals surface area contributed by atoms with Crippen molar-refractivity contribution in [2.75, 3.05) is 61.0 Å². The second kappa shape index (κ2) is 31.9. The molecule has 2 aliphatic heterocycles. The fourth-order valence-corrected chi connectivity index (χ4v) is 18.2. The van der Waals surface area contributed by atoms with Gasteiger partial charge in [0.05, 0.1) is 29.3 Å². The lowest BCUT2D eigenvalue weighted by atomic mass is 9.39. The largest absolute Gasteiger partial charge is 0.476 e. The molecule has 4 saturated carbocycles. The monoisotopic (exact) mass is 1470 g/mol. The van der Waals surface area contributed by atoms with Gasteiger partial charge in [-0.3, -0.25) is 48.2 Å². The Morgan fingerprint density at radius 1 is 0.817 bits per heavy atom. The molecule has 9 amide bonds. The number of fused-ring (bicyclic) bond motifs is 2. The maximum Gasteiger partial charge on any atom is 0.410 e. The van der Waals surface area contributed by atoms with E-state index in [2.05, 4.69) is 50.4 Å². The molecule has 554 valence electrons. The normalized spacial score (nSPS) is 20.8. The zero-order valence-electron chi connectivity index (χ0n) is 59.1. The molecule has 104 heavy (non-hydrogen) atoms. The van der Waals surface area contributed by atoms with Gasteiger partial charge in [-0.25, -0.2) is 24.4 Å². The summed E-state index contributed by atoms with van der Waals surface area (Å²) < 4.78 is 27.7. The number of carboxylic acid groups (broad SMARTS) is 1. The summed E-state index contributed by atoms with van der Waals surface area (Å²) in [6, 6.07) is 16.5. The van der Waals surface area contributed by atoms with Crippen molar-refractivity contribution in [3.63, 3.8) is 0 Å². The molecule has 6 aliphatic rings. The number of carbonyl (C=O) groups is 9. The first kappa shape index (κ1) is 75.7. The van der Waals surface area contributed by atoms with Gasteiger partial charge in [0, 0.05) is 98.7 Å². The maximum atomic E-state index is 14.0. The van der Waals surface area contributed by atoms with E-state index in [1.807, 2.05) is 46.8 Å². The van der Waals surface area contributed by atoms with Crippen LogP contribution in [0, 0.1) is 29.1 Å². The minimum Gasteiger partial charge on any atom is -0.476 e. The van der Waals surface area contributed by atoms with Crippen molar-refractivity contribution in [1.29, 1.82) is 0 Å². The summed E-state index contributed by atoms with van der Waals surface area (Å²) in [4.78, 5) is 155. The third-order valence-electron chi connectivity index (χ3n) is 20.4. The van der Waals surface area contributed by atoms with Gasteiger partial charge in [-0.1, -0.05) is 69.7 Å². The van der Waals surface area contributed by atoms with Crippen LogP contribution in [-0.2, 0) is 64.1 Å². The predicted molar refractivity (Wildman–Crippen MR) is 387 cm³/mol. The minimum atomic E-state index is -4.42. The number of thiazole rings is 1. The molecular weight excluding hydrogens is 1380 g/mol. The highest BCUT2D eigenvalue weighted by Gasteiger charge is 2.66. The van der Waals surface area contributed by atoms with Crippen molar-refractivity contribution in [2.24, 2.45) is 27.9 Å². The Balaban J connectivity index is 0.701. The molecule has 4 aromatic heterocycles. The third kappa shape index (κ3) is 18.5. The molecule has 31 heteroatoms. The van der Waals surface area contributed by atoms with Gasteiger partial charge < -0.3 is 61.2 Å². The average Bonchev–Trinajstić information content (AvgIpc) is 0.716. The number of urea groups is 1. The van der Waals surface area contributed by atoms with E-state index in [-0.39, 0.29) is 111 Å². The molecule has 4 bridgehead atoms. The van der Waals surface area contributed by atoms with Crippen LogP contribution in [0.4, 0.5) is 26.2 Å². The molecule has 0 spiro atoms. The Kier molecular flexibility index (Phi) is 23.2. The van der Waals surface area contributed by atoms with Crippen LogP contribution in [0.25, 0.3) is 21.5 Å². The van der Waals surface area contributed by atoms with Gasteiger partial charge >= 0.3 is 25.7 Å². The molecule has 6 aromatic rings. The Hall–Kier alpha value is -9.48. The SMILES string of the molecule is Cc1c(-c2ccc(N3CCc4cccc(C(=O)Nc5nc6ncccc6s5)c4C3)nc2C(=O)O)cnn1CC12CC3(C)CC(C)(C1)CC(OCCN(CCCP(=O)(O)O)C(=O)OCc1ccc(NC(=O)[C@H](CCCNC(N)=O)NC(=O)[C@@H](NC(=O)CCCCCN4C(=O)C=CC4=O)C(C)C)cc1)(C3)C2. The number of nitrogens with two attached hydrogens (primary N) is 1. The highest BCUT2D eigenvalue weighted by Crippen LogP contribution is 2.72. The summed E-state index contributed by atoms with van der Waals surface area (Å²) in [5, 5.41) is 29.9. The number of unbranched alkanes of at least 4 members (excludes halogenated alkanes) is 2. The molecule has 4 aliphatic carbocycles. The first-order chi connectivity index (χ1) is 49.5. The number of anilines is 3. The molecular formula is C73H91N14O15PS. The van der Waals surface area contributed by atoms with Crippen LogP contribution in [0.5, 0.6) is 0 Å². The summed E-state index contributed by atoms with van der Waals surface area (Å²) >= 11 is 1.34. The number of pyridine rings is 2. The van der Waals surface area contributed by atoms with E-state index in [0.29, 0.717) is 96.3 Å². The highest BCUT2D eigenvalue weighted by molar-refractivity contribution is 7.51. The van der Waals surface area contributed by atoms with Crippen molar-refractivity contribution < 1.29 is 72.1 Å². The van der Waals surface area contributed by atoms with Gasteiger partial charge in [0.1, 0.15) is 24.5 Å². The minimum absolute atomic E-state index is 0.0101. The van der Waals surface area contributed by atoms with Crippen LogP contribution in [0.3, 0.4) is 0 Å². The number of hydrogen-bond donors (Lipinski definition) is 9. The number of primary amides is 1. The fourth-order valence-electron chi connectivity index (χ4n) is 16.8. The lowest BCUT2D eigenvalue weighted by Gasteiger charge is -2.69. The second-order valence-corrected chi connectivity index (χ2v) is 32.3. The second-order valence-electron chi connectivity index (χ2n) is 29.5. The topological polar surface area (TPSA) is 402 Å². The molecule has 29 nitrogen and oxygen atoms in total. The molecule has 0 radical (unpaired) electrons. The van der Waals surface area contributed by atoms with E-state index in [1.165, 1.54) is 28.4 Å². The number of amides is 9.